The maximum absolute atomic E-state index is 11.8. The molecule has 1 rings (SSSR count). The maximum atomic E-state index is 11.8. The molecule has 0 radical (unpaired) electrons. The Morgan fingerprint density at radius 3 is 2.77 bits per heavy atom. The van der Waals surface area contributed by atoms with E-state index in [1.165, 1.54) is 4.90 Å². The highest BCUT2D eigenvalue weighted by Crippen LogP contribution is 2.20. The van der Waals surface area contributed by atoms with Crippen molar-refractivity contribution in [1.82, 2.24) is 10.2 Å². The zero-order valence-electron chi connectivity index (χ0n) is 6.97. The smallest absolute Gasteiger partial charge is 0.302 e. The molecule has 1 atom stereocenters. The molecule has 1 aliphatic rings. The van der Waals surface area contributed by atoms with Crippen molar-refractivity contribution in [2.75, 3.05) is 19.8 Å². The Bertz CT molecular complexity index is 183. The second kappa shape index (κ2) is 4.06. The fourth-order valence-corrected chi connectivity index (χ4v) is 1.25. The minimum Gasteiger partial charge on any atom is -0.302 e. The molecule has 3 nitrogen and oxygen atoms in total. The summed E-state index contributed by atoms with van der Waals surface area (Å²) in [6.45, 7) is 0.695. The van der Waals surface area contributed by atoms with Crippen LogP contribution in [0.2, 0.25) is 0 Å². The van der Waals surface area contributed by atoms with Crippen molar-refractivity contribution in [3.05, 3.63) is 0 Å². The Balaban J connectivity index is 2.32. The molecule has 0 saturated carbocycles. The molecule has 1 N–H and O–H groups in total. The first-order valence-corrected chi connectivity index (χ1v) is 4.00. The van der Waals surface area contributed by atoms with Gasteiger partial charge in [0, 0.05) is 19.8 Å². The summed E-state index contributed by atoms with van der Waals surface area (Å²) in [7, 11) is 0. The van der Waals surface area contributed by atoms with Gasteiger partial charge < -0.3 is 10.1 Å². The van der Waals surface area contributed by atoms with E-state index in [4.69, 9.17) is 0 Å². The molecule has 0 aromatic carbocycles. The lowest BCUT2D eigenvalue weighted by molar-refractivity contribution is -0.139. The fraction of sp³-hybridized carbons (Fsp3) is 0.857. The van der Waals surface area contributed by atoms with Crippen molar-refractivity contribution in [1.29, 1.82) is 0 Å². The monoisotopic (exact) mass is 196 g/mol. The topological polar surface area (TPSA) is 32.3 Å². The van der Waals surface area contributed by atoms with Gasteiger partial charge in [0.25, 0.3) is 0 Å². The fourth-order valence-electron chi connectivity index (χ4n) is 1.25. The van der Waals surface area contributed by atoms with Gasteiger partial charge in [0.15, 0.2) is 0 Å². The van der Waals surface area contributed by atoms with Crippen LogP contribution in [-0.2, 0) is 4.79 Å². The molecule has 0 aromatic rings. The Morgan fingerprint density at radius 2 is 2.23 bits per heavy atom. The third kappa shape index (κ3) is 3.31. The van der Waals surface area contributed by atoms with Crippen LogP contribution in [0, 0.1) is 0 Å². The van der Waals surface area contributed by atoms with Gasteiger partial charge in [0.1, 0.15) is 6.29 Å². The van der Waals surface area contributed by atoms with Crippen LogP contribution in [0.5, 0.6) is 0 Å². The first kappa shape index (κ1) is 10.5. The average Bonchev–Trinajstić information content (AvgIpc) is 2.46. The van der Waals surface area contributed by atoms with Gasteiger partial charge in [-0.3, -0.25) is 4.90 Å². The highest BCUT2D eigenvalue weighted by molar-refractivity contribution is 5.58. The van der Waals surface area contributed by atoms with Crippen LogP contribution in [0.25, 0.3) is 0 Å². The first-order chi connectivity index (χ1) is 6.03. The quantitative estimate of drug-likeness (QED) is 0.662. The number of carbonyl (C=O) groups excluding carboxylic acids is 1. The van der Waals surface area contributed by atoms with Crippen molar-refractivity contribution in [3.63, 3.8) is 0 Å². The average molecular weight is 196 g/mol. The normalized spacial score (nSPS) is 25.0. The van der Waals surface area contributed by atoms with E-state index in [1.807, 2.05) is 0 Å². The minimum atomic E-state index is -4.14. The molecule has 0 aromatic heterocycles. The van der Waals surface area contributed by atoms with E-state index in [0.29, 0.717) is 19.5 Å². The largest absolute Gasteiger partial charge is 0.390 e. The summed E-state index contributed by atoms with van der Waals surface area (Å²) < 4.78 is 35.4. The first-order valence-electron chi connectivity index (χ1n) is 4.00. The van der Waals surface area contributed by atoms with Gasteiger partial charge in [-0.15, -0.1) is 0 Å². The lowest BCUT2D eigenvalue weighted by Gasteiger charge is -2.19. The molecule has 76 valence electrons. The predicted molar refractivity (Wildman–Crippen MR) is 40.1 cm³/mol. The molecule has 0 amide bonds. The zero-order valence-corrected chi connectivity index (χ0v) is 6.97. The molecule has 0 aliphatic carbocycles. The summed E-state index contributed by atoms with van der Waals surface area (Å²) in [4.78, 5) is 11.9. The minimum absolute atomic E-state index is 0.111. The third-order valence-electron chi connectivity index (χ3n) is 1.98. The number of nitrogens with one attached hydrogen (secondary N) is 1. The second-order valence-corrected chi connectivity index (χ2v) is 2.99. The van der Waals surface area contributed by atoms with Gasteiger partial charge in [-0.2, -0.15) is 13.2 Å². The Kier molecular flexibility index (Phi) is 3.27. The molecule has 1 aliphatic heterocycles. The molecular weight excluding hydrogens is 185 g/mol. The standard InChI is InChI=1S/C7H11F3N2O/c8-7(9,10)1-2-12-5-11-3-6(12)4-13/h4,6,11H,1-3,5H2. The zero-order chi connectivity index (χ0) is 9.90. The summed E-state index contributed by atoms with van der Waals surface area (Å²) in [6, 6.07) is -0.401. The molecule has 1 saturated heterocycles. The molecular formula is C7H11F3N2O. The van der Waals surface area contributed by atoms with E-state index in [0.717, 1.165) is 0 Å². The van der Waals surface area contributed by atoms with Crippen LogP contribution < -0.4 is 5.32 Å². The van der Waals surface area contributed by atoms with E-state index >= 15 is 0 Å². The molecule has 0 spiro atoms. The van der Waals surface area contributed by atoms with Crippen LogP contribution in [-0.4, -0.2) is 43.2 Å². The Morgan fingerprint density at radius 1 is 1.54 bits per heavy atom. The van der Waals surface area contributed by atoms with Gasteiger partial charge in [-0.1, -0.05) is 0 Å². The van der Waals surface area contributed by atoms with Crippen LogP contribution in [0.4, 0.5) is 13.2 Å². The van der Waals surface area contributed by atoms with Gasteiger partial charge in [0.05, 0.1) is 12.5 Å². The lowest BCUT2D eigenvalue weighted by atomic mass is 10.3. The molecule has 1 unspecified atom stereocenters. The highest BCUT2D eigenvalue weighted by Gasteiger charge is 2.31. The van der Waals surface area contributed by atoms with Gasteiger partial charge in [0.2, 0.25) is 0 Å². The summed E-state index contributed by atoms with van der Waals surface area (Å²) in [5.74, 6) is 0. The van der Waals surface area contributed by atoms with E-state index in [-0.39, 0.29) is 6.54 Å². The highest BCUT2D eigenvalue weighted by atomic mass is 19.4. The SMILES string of the molecule is O=CC1CNCN1CCC(F)(F)F. The predicted octanol–water partition coefficient (Wildman–Crippen LogP) is 0.369. The maximum Gasteiger partial charge on any atom is 0.390 e. The van der Waals surface area contributed by atoms with Crippen molar-refractivity contribution in [3.8, 4) is 0 Å². The summed E-state index contributed by atoms with van der Waals surface area (Å²) in [6.07, 6.45) is -4.33. The number of aldehydes is 1. The summed E-state index contributed by atoms with van der Waals surface area (Å²) in [5.41, 5.74) is 0. The van der Waals surface area contributed by atoms with Crippen LogP contribution in [0.3, 0.4) is 0 Å². The molecule has 6 heteroatoms. The number of halogens is 3. The number of alkyl halides is 3. The molecule has 1 heterocycles. The van der Waals surface area contributed by atoms with Gasteiger partial charge >= 0.3 is 6.18 Å². The van der Waals surface area contributed by atoms with Crippen molar-refractivity contribution < 1.29 is 18.0 Å². The van der Waals surface area contributed by atoms with Crippen LogP contribution >= 0.6 is 0 Å². The van der Waals surface area contributed by atoms with Crippen LogP contribution in [0.1, 0.15) is 6.42 Å². The van der Waals surface area contributed by atoms with Crippen molar-refractivity contribution >= 4 is 6.29 Å². The Hall–Kier alpha value is -0.620. The lowest BCUT2D eigenvalue weighted by Crippen LogP contribution is -2.34. The van der Waals surface area contributed by atoms with Crippen molar-refractivity contribution in [2.24, 2.45) is 0 Å². The number of carbonyl (C=O) groups is 1. The molecule has 13 heavy (non-hydrogen) atoms. The number of nitrogens with zero attached hydrogens (tertiary/aromatic N) is 1. The van der Waals surface area contributed by atoms with E-state index in [9.17, 15) is 18.0 Å². The molecule has 0 bridgehead atoms. The summed E-state index contributed by atoms with van der Waals surface area (Å²) >= 11 is 0. The number of rotatable bonds is 3. The van der Waals surface area contributed by atoms with E-state index in [1.54, 1.807) is 0 Å². The Labute approximate surface area is 73.9 Å². The third-order valence-corrected chi connectivity index (χ3v) is 1.98. The van der Waals surface area contributed by atoms with E-state index < -0.39 is 18.6 Å². The second-order valence-electron chi connectivity index (χ2n) is 2.99. The van der Waals surface area contributed by atoms with Crippen LogP contribution in [0.15, 0.2) is 0 Å². The molecule has 1 fully saturated rings. The van der Waals surface area contributed by atoms with Gasteiger partial charge in [-0.25, -0.2) is 0 Å². The summed E-state index contributed by atoms with van der Waals surface area (Å²) in [5, 5.41) is 2.84. The number of hydrogen-bond acceptors (Lipinski definition) is 3. The van der Waals surface area contributed by atoms with Crippen molar-refractivity contribution in [2.45, 2.75) is 18.6 Å². The van der Waals surface area contributed by atoms with E-state index in [2.05, 4.69) is 5.32 Å². The number of hydrogen-bond donors (Lipinski definition) is 1. The van der Waals surface area contributed by atoms with Gasteiger partial charge in [-0.05, 0) is 0 Å².